The minimum Gasteiger partial charge on any atom is -0.378 e. The average molecular weight is 1390 g/mol. The van der Waals surface area contributed by atoms with Gasteiger partial charge in [-0.05, 0) is 126 Å². The lowest BCUT2D eigenvalue weighted by molar-refractivity contribution is -0.129. The van der Waals surface area contributed by atoms with E-state index >= 15 is 0 Å². The standard InChI is InChI=1S/C15H32N2O.C14H27NO2.C13H28N2O.C13H25NO2.C12H26O3.C12H26O.2CH4/c1-11(2)15(18)14(17-13(5)6)9-7-8-10-16-12(3)4;1-9(2)13(16)8-7-12(15-11(5)6)14(17)10(3)4;1-9(2)12(16)11(8-14-10(3)4)15-13(5,6)7;1-8(2)12(15)7-11(14-10(5)6)13(16)9(3)4;1-9(2)13-7-12(15-11(5)6)8-14-10(3)4;1-9(2)7-12(10(3)4)8-13-11(5)6;;/h11-14,16-17H,7-10H2,1-6H3;9-12,15H,7-8H2,1-6H3;9-11,14-15H,8H2,1-7H3;8-11,14H,7H2,1-6H3;9-12H,7-8H2,1-6H3;9-12H,7-8H2,1-6H3;2*1H4. The van der Waals surface area contributed by atoms with Crippen LogP contribution < -0.4 is 31.9 Å². The smallest absolute Gasteiger partial charge is 0.153 e. The number of carbonyl (C=O) groups excluding carboxylic acids is 6. The van der Waals surface area contributed by atoms with Gasteiger partial charge in [0.15, 0.2) is 23.1 Å². The van der Waals surface area contributed by atoms with E-state index in [0.29, 0.717) is 69.0 Å². The van der Waals surface area contributed by atoms with Crippen LogP contribution in [0.1, 0.15) is 316 Å². The molecule has 0 saturated carbocycles. The van der Waals surface area contributed by atoms with E-state index in [1.165, 1.54) is 6.42 Å². The molecule has 6 N–H and O–H groups in total. The minimum absolute atomic E-state index is 0. The summed E-state index contributed by atoms with van der Waals surface area (Å²) in [6, 6.07) is 1.23. The second kappa shape index (κ2) is 63.3. The van der Waals surface area contributed by atoms with Gasteiger partial charge in [-0.1, -0.05) is 201 Å². The molecule has 586 valence electrons. The molecule has 16 nitrogen and oxygen atoms in total. The molecule has 0 saturated heterocycles. The predicted molar refractivity (Wildman–Crippen MR) is 420 cm³/mol. The maximum absolute atomic E-state index is 12.1. The third-order valence-electron chi connectivity index (χ3n) is 14.5. The summed E-state index contributed by atoms with van der Waals surface area (Å²) in [5, 5.41) is 19.9. The van der Waals surface area contributed by atoms with E-state index in [9.17, 15) is 28.8 Å². The van der Waals surface area contributed by atoms with E-state index in [4.69, 9.17) is 18.9 Å². The summed E-state index contributed by atoms with van der Waals surface area (Å²) in [5.74, 6) is 3.82. The molecule has 0 aliphatic heterocycles. The molecule has 0 radical (unpaired) electrons. The molecule has 0 aromatic heterocycles. The quantitative estimate of drug-likeness (QED) is 0.0313. The zero-order valence-electron chi connectivity index (χ0n) is 69.3. The highest BCUT2D eigenvalue weighted by atomic mass is 16.6. The molecular formula is C81H172N6O10. The van der Waals surface area contributed by atoms with Gasteiger partial charge in [0.1, 0.15) is 17.7 Å². The van der Waals surface area contributed by atoms with E-state index in [2.05, 4.69) is 136 Å². The van der Waals surface area contributed by atoms with Crippen molar-refractivity contribution in [3.63, 3.8) is 0 Å². The molecule has 0 bridgehead atoms. The van der Waals surface area contributed by atoms with Gasteiger partial charge >= 0.3 is 0 Å². The second-order valence-electron chi connectivity index (χ2n) is 32.5. The zero-order valence-corrected chi connectivity index (χ0v) is 69.3. The summed E-state index contributed by atoms with van der Waals surface area (Å²) >= 11 is 0. The van der Waals surface area contributed by atoms with Gasteiger partial charge in [-0.15, -0.1) is 0 Å². The Kier molecular flexibility index (Phi) is 72.2. The fourth-order valence-electron chi connectivity index (χ4n) is 9.21. The van der Waals surface area contributed by atoms with Crippen molar-refractivity contribution in [1.82, 2.24) is 31.9 Å². The lowest BCUT2D eigenvalue weighted by Gasteiger charge is -2.29. The number of ether oxygens (including phenoxy) is 4. The van der Waals surface area contributed by atoms with E-state index in [1.54, 1.807) is 0 Å². The number of Topliss-reactive ketones (excluding diaryl/α,β-unsaturated/α-hetero) is 6. The van der Waals surface area contributed by atoms with Gasteiger partial charge in [-0.25, -0.2) is 0 Å². The van der Waals surface area contributed by atoms with Gasteiger partial charge in [-0.3, -0.25) is 28.8 Å². The maximum Gasteiger partial charge on any atom is 0.153 e. The molecule has 97 heavy (non-hydrogen) atoms. The van der Waals surface area contributed by atoms with Crippen LogP contribution in [0.15, 0.2) is 0 Å². The summed E-state index contributed by atoms with van der Waals surface area (Å²) in [7, 11) is 0. The third kappa shape index (κ3) is 73.2. The Bertz CT molecular complexity index is 1880. The van der Waals surface area contributed by atoms with Crippen molar-refractivity contribution < 1.29 is 47.7 Å². The van der Waals surface area contributed by atoms with Crippen molar-refractivity contribution in [2.45, 2.75) is 406 Å². The first-order valence-electron chi connectivity index (χ1n) is 37.6. The molecule has 0 aliphatic rings. The Balaban J connectivity index is -0.000000163. The van der Waals surface area contributed by atoms with Gasteiger partial charge < -0.3 is 50.8 Å². The van der Waals surface area contributed by atoms with E-state index in [-0.39, 0.29) is 145 Å². The van der Waals surface area contributed by atoms with Crippen LogP contribution in [0.3, 0.4) is 0 Å². The van der Waals surface area contributed by atoms with E-state index < -0.39 is 0 Å². The van der Waals surface area contributed by atoms with Crippen molar-refractivity contribution >= 4 is 34.7 Å². The van der Waals surface area contributed by atoms with Crippen molar-refractivity contribution in [1.29, 1.82) is 0 Å². The second-order valence-corrected chi connectivity index (χ2v) is 32.5. The monoisotopic (exact) mass is 1390 g/mol. The Morgan fingerprint density at radius 1 is 0.371 bits per heavy atom. The molecule has 0 aliphatic carbocycles. The summed E-state index contributed by atoms with van der Waals surface area (Å²) in [6.45, 7) is 79.3. The zero-order chi connectivity index (χ0) is 75.8. The molecule has 0 amide bonds. The third-order valence-corrected chi connectivity index (χ3v) is 14.5. The van der Waals surface area contributed by atoms with Crippen LogP contribution in [-0.4, -0.2) is 158 Å². The fraction of sp³-hybridized carbons (Fsp3) is 0.926. The molecule has 0 rings (SSSR count). The van der Waals surface area contributed by atoms with Crippen LogP contribution in [0.2, 0.25) is 0 Å². The minimum atomic E-state index is -0.324. The highest BCUT2D eigenvalue weighted by molar-refractivity contribution is 5.92. The predicted octanol–water partition coefficient (Wildman–Crippen LogP) is 17.1. The Hall–Kier alpha value is -2.38. The Morgan fingerprint density at radius 2 is 0.722 bits per heavy atom. The normalized spacial score (nSPS) is 13.4. The molecular weight excluding hydrogens is 1220 g/mol. The van der Waals surface area contributed by atoms with Crippen molar-refractivity contribution in [3.8, 4) is 0 Å². The first-order chi connectivity index (χ1) is 43.3. The number of nitrogens with one attached hydrogen (secondary N) is 6. The molecule has 0 fully saturated rings. The van der Waals surface area contributed by atoms with Crippen LogP contribution in [0.4, 0.5) is 0 Å². The SMILES string of the molecule is C.C.CC(C)CC(COC(C)C)C(C)C.CC(C)NC(CC(=O)C(C)C)C(=O)C(C)C.CC(C)NC(CCC(=O)C(C)C)C(=O)C(C)C.CC(C)NCC(NC(C)(C)C)C(=O)C(C)C.CC(C)NCCCCC(NC(C)C)C(=O)C(C)C.CC(C)OCC(COC(C)C)OC(C)C. The lowest BCUT2D eigenvalue weighted by Crippen LogP contribution is -2.54. The van der Waals surface area contributed by atoms with Crippen LogP contribution in [0, 0.1) is 53.3 Å². The molecule has 0 heterocycles. The largest absolute Gasteiger partial charge is 0.378 e. The van der Waals surface area contributed by atoms with Crippen LogP contribution in [0.25, 0.3) is 0 Å². The molecule has 0 spiro atoms. The van der Waals surface area contributed by atoms with Crippen LogP contribution in [-0.2, 0) is 47.7 Å². The van der Waals surface area contributed by atoms with Crippen molar-refractivity contribution in [3.05, 3.63) is 0 Å². The highest BCUT2D eigenvalue weighted by Crippen LogP contribution is 2.21. The number of hydrogen-bond acceptors (Lipinski definition) is 16. The van der Waals surface area contributed by atoms with Crippen molar-refractivity contribution in [2.75, 3.05) is 32.9 Å². The molecule has 0 aromatic carbocycles. The summed E-state index contributed by atoms with van der Waals surface area (Å²) in [6.07, 6.45) is 6.98. The number of hydrogen-bond donors (Lipinski definition) is 6. The highest BCUT2D eigenvalue weighted by Gasteiger charge is 2.28. The molecule has 0 aromatic rings. The topological polar surface area (TPSA) is 212 Å². The molecule has 16 heteroatoms. The molecule has 5 unspecified atom stereocenters. The maximum atomic E-state index is 12.1. The number of unbranched alkanes of at least 4 members (excludes halogenated alkanes) is 1. The Labute approximate surface area is 604 Å². The fourth-order valence-corrected chi connectivity index (χ4v) is 9.21. The van der Waals surface area contributed by atoms with Crippen LogP contribution >= 0.6 is 0 Å². The lowest BCUT2D eigenvalue weighted by atomic mass is 9.88. The van der Waals surface area contributed by atoms with Gasteiger partial charge in [0.25, 0.3) is 0 Å². The van der Waals surface area contributed by atoms with Crippen LogP contribution in [0.5, 0.6) is 0 Å². The summed E-state index contributed by atoms with van der Waals surface area (Å²) in [5.41, 5.74) is -0.0339. The van der Waals surface area contributed by atoms with Gasteiger partial charge in [0.2, 0.25) is 0 Å². The van der Waals surface area contributed by atoms with Gasteiger partial charge in [0.05, 0.1) is 61.8 Å². The summed E-state index contributed by atoms with van der Waals surface area (Å²) < 4.78 is 22.4. The first-order valence-corrected chi connectivity index (χ1v) is 37.6. The van der Waals surface area contributed by atoms with Gasteiger partial charge in [0, 0.05) is 97.2 Å². The van der Waals surface area contributed by atoms with Gasteiger partial charge in [-0.2, -0.15) is 0 Å². The Morgan fingerprint density at radius 3 is 1.03 bits per heavy atom. The molecule has 5 atom stereocenters. The number of ketones is 6. The van der Waals surface area contributed by atoms with Crippen molar-refractivity contribution in [2.24, 2.45) is 53.3 Å². The number of rotatable bonds is 45. The summed E-state index contributed by atoms with van der Waals surface area (Å²) in [4.78, 5) is 71.3. The van der Waals surface area contributed by atoms with E-state index in [0.717, 1.165) is 50.2 Å². The number of carbonyl (C=O) groups is 6. The van der Waals surface area contributed by atoms with E-state index in [1.807, 2.05) is 152 Å². The first kappa shape index (κ1) is 111. The average Bonchev–Trinajstić information content (AvgIpc) is 0.962.